The van der Waals surface area contributed by atoms with E-state index in [9.17, 15) is 14.4 Å². The second-order valence-corrected chi connectivity index (χ2v) is 7.98. The Labute approximate surface area is 191 Å². The molecule has 0 aliphatic heterocycles. The molecule has 1 aromatic heterocycles. The highest BCUT2D eigenvalue weighted by Crippen LogP contribution is 2.23. The van der Waals surface area contributed by atoms with Gasteiger partial charge in [0.25, 0.3) is 11.5 Å². The lowest BCUT2D eigenvalue weighted by atomic mass is 10.00. The van der Waals surface area contributed by atoms with E-state index in [1.54, 1.807) is 12.1 Å². The molecule has 33 heavy (non-hydrogen) atoms. The molecule has 7 heteroatoms. The second-order valence-electron chi connectivity index (χ2n) is 7.98. The van der Waals surface area contributed by atoms with Gasteiger partial charge in [0.05, 0.1) is 29.7 Å². The van der Waals surface area contributed by atoms with Gasteiger partial charge in [-0.3, -0.25) is 19.0 Å². The van der Waals surface area contributed by atoms with Gasteiger partial charge in [-0.25, -0.2) is 4.98 Å². The first-order valence-electron chi connectivity index (χ1n) is 10.8. The van der Waals surface area contributed by atoms with E-state index in [0.717, 1.165) is 21.9 Å². The zero-order valence-electron chi connectivity index (χ0n) is 18.6. The number of fused-ring (bicyclic) bond motifs is 2. The molecular weight excluding hydrogens is 418 g/mol. The molecule has 1 heterocycles. The monoisotopic (exact) mass is 443 g/mol. The van der Waals surface area contributed by atoms with Crippen molar-refractivity contribution in [2.24, 2.45) is 0 Å². The number of rotatable bonds is 7. The van der Waals surface area contributed by atoms with Crippen LogP contribution in [0.15, 0.2) is 71.8 Å². The molecule has 0 aliphatic rings. The Hall–Kier alpha value is -4.00. The molecule has 1 unspecified atom stereocenters. The minimum absolute atomic E-state index is 0.0366. The average Bonchev–Trinajstić information content (AvgIpc) is 2.82. The lowest BCUT2D eigenvalue weighted by Crippen LogP contribution is -2.31. The van der Waals surface area contributed by atoms with E-state index < -0.39 is 5.97 Å². The summed E-state index contributed by atoms with van der Waals surface area (Å²) in [6.45, 7) is 3.53. The van der Waals surface area contributed by atoms with Gasteiger partial charge >= 0.3 is 5.97 Å². The van der Waals surface area contributed by atoms with Gasteiger partial charge in [0.1, 0.15) is 0 Å². The zero-order valence-corrected chi connectivity index (χ0v) is 18.6. The van der Waals surface area contributed by atoms with Gasteiger partial charge in [-0.2, -0.15) is 0 Å². The SMILES string of the molecule is Cc1cccc2c(=O)n(CCC(=O)OCC(=O)NC(C)c3cccc4ccccc34)cnc12. The second kappa shape index (κ2) is 9.65. The molecule has 0 saturated heterocycles. The normalized spacial score (nSPS) is 11.9. The highest BCUT2D eigenvalue weighted by molar-refractivity contribution is 5.87. The Morgan fingerprint density at radius 1 is 1.03 bits per heavy atom. The van der Waals surface area contributed by atoms with E-state index in [1.165, 1.54) is 10.9 Å². The van der Waals surface area contributed by atoms with Crippen molar-refractivity contribution in [3.8, 4) is 0 Å². The van der Waals surface area contributed by atoms with Crippen LogP contribution in [0.2, 0.25) is 0 Å². The molecule has 7 nitrogen and oxygen atoms in total. The van der Waals surface area contributed by atoms with E-state index in [4.69, 9.17) is 4.74 Å². The fourth-order valence-corrected chi connectivity index (χ4v) is 3.92. The van der Waals surface area contributed by atoms with Gasteiger partial charge in [-0.15, -0.1) is 0 Å². The largest absolute Gasteiger partial charge is 0.456 e. The molecule has 0 fully saturated rings. The van der Waals surface area contributed by atoms with Gasteiger partial charge in [-0.1, -0.05) is 54.6 Å². The van der Waals surface area contributed by atoms with Crippen molar-refractivity contribution in [3.05, 3.63) is 88.5 Å². The number of hydrogen-bond donors (Lipinski definition) is 1. The molecular formula is C26H25N3O4. The van der Waals surface area contributed by atoms with Crippen LogP contribution < -0.4 is 10.9 Å². The first kappa shape index (κ1) is 22.2. The predicted molar refractivity (Wildman–Crippen MR) is 127 cm³/mol. The quantitative estimate of drug-likeness (QED) is 0.440. The first-order valence-corrected chi connectivity index (χ1v) is 10.8. The number of nitrogens with zero attached hydrogens (tertiary/aromatic N) is 2. The number of nitrogens with one attached hydrogen (secondary N) is 1. The van der Waals surface area contributed by atoms with Crippen molar-refractivity contribution < 1.29 is 14.3 Å². The molecule has 0 radical (unpaired) electrons. The Bertz CT molecular complexity index is 1390. The van der Waals surface area contributed by atoms with Crippen LogP contribution in [-0.4, -0.2) is 28.0 Å². The van der Waals surface area contributed by atoms with Crippen molar-refractivity contribution in [3.63, 3.8) is 0 Å². The maximum atomic E-state index is 12.6. The van der Waals surface area contributed by atoms with Crippen LogP contribution in [-0.2, 0) is 20.9 Å². The minimum Gasteiger partial charge on any atom is -0.456 e. The third-order valence-corrected chi connectivity index (χ3v) is 5.64. The maximum Gasteiger partial charge on any atom is 0.308 e. The Balaban J connectivity index is 1.31. The number of esters is 1. The number of aryl methyl sites for hydroxylation is 2. The average molecular weight is 444 g/mol. The first-order chi connectivity index (χ1) is 15.9. The van der Waals surface area contributed by atoms with E-state index in [0.29, 0.717) is 10.9 Å². The summed E-state index contributed by atoms with van der Waals surface area (Å²) in [6.07, 6.45) is 1.40. The summed E-state index contributed by atoms with van der Waals surface area (Å²) in [5.41, 5.74) is 2.35. The van der Waals surface area contributed by atoms with E-state index in [-0.39, 0.29) is 37.1 Å². The fraction of sp³-hybridized carbons (Fsp3) is 0.231. The molecule has 0 bridgehead atoms. The van der Waals surface area contributed by atoms with Gasteiger partial charge in [0.2, 0.25) is 0 Å². The molecule has 0 spiro atoms. The van der Waals surface area contributed by atoms with Crippen LogP contribution in [0.4, 0.5) is 0 Å². The molecule has 4 rings (SSSR count). The van der Waals surface area contributed by atoms with Crippen LogP contribution in [0.3, 0.4) is 0 Å². The van der Waals surface area contributed by atoms with E-state index >= 15 is 0 Å². The van der Waals surface area contributed by atoms with Crippen LogP contribution in [0.1, 0.15) is 30.5 Å². The lowest BCUT2D eigenvalue weighted by Gasteiger charge is -2.16. The summed E-state index contributed by atoms with van der Waals surface area (Å²) in [7, 11) is 0. The molecule has 1 N–H and O–H groups in total. The van der Waals surface area contributed by atoms with E-state index in [1.807, 2.05) is 62.4 Å². The van der Waals surface area contributed by atoms with E-state index in [2.05, 4.69) is 10.3 Å². The van der Waals surface area contributed by atoms with Crippen LogP contribution in [0.5, 0.6) is 0 Å². The molecule has 0 saturated carbocycles. The molecule has 168 valence electrons. The van der Waals surface area contributed by atoms with Crippen LogP contribution >= 0.6 is 0 Å². The van der Waals surface area contributed by atoms with Crippen molar-refractivity contribution in [2.75, 3.05) is 6.61 Å². The number of hydrogen-bond acceptors (Lipinski definition) is 5. The summed E-state index contributed by atoms with van der Waals surface area (Å²) in [5.74, 6) is -0.942. The number of para-hydroxylation sites is 1. The third-order valence-electron chi connectivity index (χ3n) is 5.64. The smallest absolute Gasteiger partial charge is 0.308 e. The molecule has 0 aliphatic carbocycles. The summed E-state index contributed by atoms with van der Waals surface area (Å²) < 4.78 is 6.49. The Kier molecular flexibility index (Phi) is 6.49. The number of aromatic nitrogens is 2. The molecule has 1 amide bonds. The van der Waals surface area contributed by atoms with Crippen molar-refractivity contribution in [1.29, 1.82) is 0 Å². The highest BCUT2D eigenvalue weighted by atomic mass is 16.5. The van der Waals surface area contributed by atoms with Gasteiger partial charge in [-0.05, 0) is 41.8 Å². The molecule has 4 aromatic rings. The Morgan fingerprint density at radius 3 is 2.61 bits per heavy atom. The van der Waals surface area contributed by atoms with Gasteiger partial charge < -0.3 is 10.1 Å². The topological polar surface area (TPSA) is 90.3 Å². The Morgan fingerprint density at radius 2 is 1.76 bits per heavy atom. The van der Waals surface area contributed by atoms with Gasteiger partial charge in [0, 0.05) is 6.54 Å². The standard InChI is InChI=1S/C26H25N3O4/c1-17-7-5-12-22-25(17)27-16-29(26(22)32)14-13-24(31)33-15-23(30)28-18(2)20-11-6-9-19-8-3-4-10-21(19)20/h3-12,16,18H,13-15H2,1-2H3,(H,28,30). The zero-order chi connectivity index (χ0) is 23.4. The summed E-state index contributed by atoms with van der Waals surface area (Å²) in [4.78, 5) is 41.4. The number of carbonyl (C=O) groups excluding carboxylic acids is 2. The van der Waals surface area contributed by atoms with Crippen molar-refractivity contribution in [2.45, 2.75) is 32.9 Å². The highest BCUT2D eigenvalue weighted by Gasteiger charge is 2.14. The molecule has 1 atom stereocenters. The van der Waals surface area contributed by atoms with Crippen LogP contribution in [0, 0.1) is 6.92 Å². The maximum absolute atomic E-state index is 12.6. The minimum atomic E-state index is -0.556. The van der Waals surface area contributed by atoms with Crippen molar-refractivity contribution in [1.82, 2.24) is 14.9 Å². The number of benzene rings is 3. The van der Waals surface area contributed by atoms with Crippen LogP contribution in [0.25, 0.3) is 21.7 Å². The van der Waals surface area contributed by atoms with Gasteiger partial charge in [0.15, 0.2) is 6.61 Å². The number of amides is 1. The lowest BCUT2D eigenvalue weighted by molar-refractivity contribution is -0.148. The number of ether oxygens (including phenoxy) is 1. The summed E-state index contributed by atoms with van der Waals surface area (Å²) in [6, 6.07) is 19.1. The molecule has 3 aromatic carbocycles. The van der Waals surface area contributed by atoms with Crippen molar-refractivity contribution >= 4 is 33.6 Å². The number of carbonyl (C=O) groups is 2. The third kappa shape index (κ3) is 4.92. The fourth-order valence-electron chi connectivity index (χ4n) is 3.92. The predicted octanol–water partition coefficient (Wildman–Crippen LogP) is 3.67. The summed E-state index contributed by atoms with van der Waals surface area (Å²) >= 11 is 0. The summed E-state index contributed by atoms with van der Waals surface area (Å²) in [5, 5.41) is 5.54.